The van der Waals surface area contributed by atoms with Crippen LogP contribution < -0.4 is 5.32 Å². The molecule has 1 saturated heterocycles. The zero-order valence-electron chi connectivity index (χ0n) is 11.7. The Morgan fingerprint density at radius 3 is 2.70 bits per heavy atom. The van der Waals surface area contributed by atoms with E-state index in [0.717, 1.165) is 25.8 Å². The van der Waals surface area contributed by atoms with Crippen molar-refractivity contribution in [2.24, 2.45) is 5.92 Å². The maximum absolute atomic E-state index is 12.3. The van der Waals surface area contributed by atoms with Gasteiger partial charge in [0.15, 0.2) is 0 Å². The minimum Gasteiger partial charge on any atom is -0.480 e. The fraction of sp³-hybridized carbons (Fsp3) is 0.733. The number of carbonyl (C=O) groups is 2. The second kappa shape index (κ2) is 6.65. The van der Waals surface area contributed by atoms with Crippen LogP contribution in [0.3, 0.4) is 0 Å². The minimum atomic E-state index is -1.08. The number of urea groups is 1. The standard InChI is InChI=1S/C15H22N2O3/c1-2-6-12(14(18)19)16-15(20)17-10-5-8-11-7-3-4-9-13(11)17/h1,11-13H,3-10H2,(H,16,20)(H,18,19). The van der Waals surface area contributed by atoms with Gasteiger partial charge >= 0.3 is 12.0 Å². The van der Waals surface area contributed by atoms with Crippen molar-refractivity contribution in [1.82, 2.24) is 10.2 Å². The zero-order valence-corrected chi connectivity index (χ0v) is 11.7. The van der Waals surface area contributed by atoms with Crippen molar-refractivity contribution in [2.45, 2.75) is 57.0 Å². The molecule has 3 atom stereocenters. The summed E-state index contributed by atoms with van der Waals surface area (Å²) in [6, 6.07) is -0.988. The molecule has 3 unspecified atom stereocenters. The predicted octanol–water partition coefficient (Wildman–Crippen LogP) is 1.83. The highest BCUT2D eigenvalue weighted by Crippen LogP contribution is 2.35. The predicted molar refractivity (Wildman–Crippen MR) is 75.1 cm³/mol. The van der Waals surface area contributed by atoms with E-state index in [1.165, 1.54) is 19.3 Å². The lowest BCUT2D eigenvalue weighted by Crippen LogP contribution is -2.55. The summed E-state index contributed by atoms with van der Waals surface area (Å²) < 4.78 is 0. The number of nitrogens with one attached hydrogen (secondary N) is 1. The van der Waals surface area contributed by atoms with Crippen molar-refractivity contribution >= 4 is 12.0 Å². The number of hydrogen-bond acceptors (Lipinski definition) is 2. The molecule has 1 aliphatic heterocycles. The molecule has 2 rings (SSSR count). The number of aliphatic carboxylic acids is 1. The van der Waals surface area contributed by atoms with Crippen LogP contribution in [0, 0.1) is 18.3 Å². The molecule has 0 aromatic rings. The Kier molecular flexibility index (Phi) is 4.89. The molecular weight excluding hydrogens is 256 g/mol. The largest absolute Gasteiger partial charge is 0.480 e. The molecule has 0 aromatic carbocycles. The van der Waals surface area contributed by atoms with Gasteiger partial charge in [0.2, 0.25) is 0 Å². The van der Waals surface area contributed by atoms with E-state index in [2.05, 4.69) is 11.2 Å². The maximum atomic E-state index is 12.3. The number of carboxylic acid groups (broad SMARTS) is 1. The molecule has 2 N–H and O–H groups in total. The van der Waals surface area contributed by atoms with Crippen LogP contribution in [-0.2, 0) is 4.79 Å². The summed E-state index contributed by atoms with van der Waals surface area (Å²) in [5, 5.41) is 11.6. The smallest absolute Gasteiger partial charge is 0.327 e. The van der Waals surface area contributed by atoms with Crippen LogP contribution in [-0.4, -0.2) is 40.6 Å². The van der Waals surface area contributed by atoms with Gasteiger partial charge in [0, 0.05) is 19.0 Å². The normalized spacial score (nSPS) is 27.1. The summed E-state index contributed by atoms with van der Waals surface area (Å²) in [5.74, 6) is 1.81. The van der Waals surface area contributed by atoms with E-state index in [9.17, 15) is 9.59 Å². The van der Waals surface area contributed by atoms with E-state index in [0.29, 0.717) is 5.92 Å². The van der Waals surface area contributed by atoms with Gasteiger partial charge in [0.25, 0.3) is 0 Å². The Labute approximate surface area is 119 Å². The topological polar surface area (TPSA) is 69.6 Å². The molecule has 1 aliphatic carbocycles. The molecule has 5 heteroatoms. The Morgan fingerprint density at radius 2 is 2.00 bits per heavy atom. The maximum Gasteiger partial charge on any atom is 0.327 e. The lowest BCUT2D eigenvalue weighted by atomic mass is 9.78. The fourth-order valence-electron chi connectivity index (χ4n) is 3.43. The first-order chi connectivity index (χ1) is 9.63. The fourth-order valence-corrected chi connectivity index (χ4v) is 3.43. The van der Waals surface area contributed by atoms with Gasteiger partial charge in [-0.25, -0.2) is 9.59 Å². The number of fused-ring (bicyclic) bond motifs is 1. The molecule has 2 amide bonds. The van der Waals surface area contributed by atoms with Gasteiger partial charge in [-0.1, -0.05) is 12.8 Å². The second-order valence-corrected chi connectivity index (χ2v) is 5.70. The van der Waals surface area contributed by atoms with Crippen LogP contribution in [0.5, 0.6) is 0 Å². The molecule has 5 nitrogen and oxygen atoms in total. The number of rotatable bonds is 3. The van der Waals surface area contributed by atoms with E-state index < -0.39 is 12.0 Å². The lowest BCUT2D eigenvalue weighted by Gasteiger charge is -2.44. The third-order valence-electron chi connectivity index (χ3n) is 4.42. The number of carbonyl (C=O) groups excluding carboxylic acids is 1. The third kappa shape index (κ3) is 3.24. The molecule has 0 aromatic heterocycles. The van der Waals surface area contributed by atoms with Gasteiger partial charge in [0.1, 0.15) is 6.04 Å². The zero-order chi connectivity index (χ0) is 14.5. The number of nitrogens with zero attached hydrogens (tertiary/aromatic N) is 1. The molecular formula is C15H22N2O3. The molecule has 1 heterocycles. The molecule has 0 spiro atoms. The summed E-state index contributed by atoms with van der Waals surface area (Å²) in [6.45, 7) is 0.718. The Morgan fingerprint density at radius 1 is 1.30 bits per heavy atom. The minimum absolute atomic E-state index is 0.0169. The van der Waals surface area contributed by atoms with Crippen LogP contribution in [0.4, 0.5) is 4.79 Å². The Hall–Kier alpha value is -1.70. The lowest BCUT2D eigenvalue weighted by molar-refractivity contribution is -0.139. The number of likely N-dealkylation sites (tertiary alicyclic amines) is 1. The molecule has 1 saturated carbocycles. The van der Waals surface area contributed by atoms with Crippen LogP contribution in [0.25, 0.3) is 0 Å². The second-order valence-electron chi connectivity index (χ2n) is 5.70. The van der Waals surface area contributed by atoms with Gasteiger partial charge in [-0.2, -0.15) is 0 Å². The highest BCUT2D eigenvalue weighted by atomic mass is 16.4. The monoisotopic (exact) mass is 278 g/mol. The quantitative estimate of drug-likeness (QED) is 0.774. The van der Waals surface area contributed by atoms with Crippen molar-refractivity contribution in [3.8, 4) is 12.3 Å². The molecule has 20 heavy (non-hydrogen) atoms. The number of piperidine rings is 1. The third-order valence-corrected chi connectivity index (χ3v) is 4.42. The van der Waals surface area contributed by atoms with Crippen molar-refractivity contribution < 1.29 is 14.7 Å². The summed E-state index contributed by atoms with van der Waals surface area (Å²) in [7, 11) is 0. The molecule has 110 valence electrons. The van der Waals surface area contributed by atoms with Crippen molar-refractivity contribution in [3.63, 3.8) is 0 Å². The number of carboxylic acids is 1. The van der Waals surface area contributed by atoms with E-state index in [4.69, 9.17) is 11.5 Å². The van der Waals surface area contributed by atoms with Crippen LogP contribution in [0.15, 0.2) is 0 Å². The summed E-state index contributed by atoms with van der Waals surface area (Å²) in [4.78, 5) is 25.2. The van der Waals surface area contributed by atoms with E-state index >= 15 is 0 Å². The van der Waals surface area contributed by atoms with Gasteiger partial charge in [-0.15, -0.1) is 12.3 Å². The van der Waals surface area contributed by atoms with Crippen LogP contribution in [0.2, 0.25) is 0 Å². The average Bonchev–Trinajstić information content (AvgIpc) is 2.46. The van der Waals surface area contributed by atoms with E-state index in [1.807, 2.05) is 4.90 Å². The van der Waals surface area contributed by atoms with Crippen molar-refractivity contribution in [2.75, 3.05) is 6.54 Å². The Bertz CT molecular complexity index is 414. The summed E-state index contributed by atoms with van der Waals surface area (Å²) in [5.41, 5.74) is 0. The van der Waals surface area contributed by atoms with Crippen molar-refractivity contribution in [3.05, 3.63) is 0 Å². The highest BCUT2D eigenvalue weighted by molar-refractivity contribution is 5.83. The number of amides is 2. The molecule has 0 radical (unpaired) electrons. The molecule has 0 bridgehead atoms. The van der Waals surface area contributed by atoms with Crippen molar-refractivity contribution in [1.29, 1.82) is 0 Å². The molecule has 2 aliphatic rings. The first kappa shape index (κ1) is 14.7. The number of hydrogen-bond donors (Lipinski definition) is 2. The van der Waals surface area contributed by atoms with Gasteiger partial charge in [-0.05, 0) is 31.6 Å². The highest BCUT2D eigenvalue weighted by Gasteiger charge is 2.36. The van der Waals surface area contributed by atoms with Crippen LogP contribution in [0.1, 0.15) is 44.9 Å². The Balaban J connectivity index is 2.00. The number of terminal acetylenes is 1. The van der Waals surface area contributed by atoms with Crippen LogP contribution >= 0.6 is 0 Å². The van der Waals surface area contributed by atoms with E-state index in [1.54, 1.807) is 0 Å². The molecule has 2 fully saturated rings. The van der Waals surface area contributed by atoms with Gasteiger partial charge in [-0.3, -0.25) is 0 Å². The average molecular weight is 278 g/mol. The van der Waals surface area contributed by atoms with E-state index in [-0.39, 0.29) is 18.5 Å². The summed E-state index contributed by atoms with van der Waals surface area (Å²) in [6.07, 6.45) is 12.0. The van der Waals surface area contributed by atoms with Gasteiger partial charge < -0.3 is 15.3 Å². The first-order valence-corrected chi connectivity index (χ1v) is 7.37. The first-order valence-electron chi connectivity index (χ1n) is 7.37. The van der Waals surface area contributed by atoms with Gasteiger partial charge in [0.05, 0.1) is 0 Å². The SMILES string of the molecule is C#CCC(NC(=O)N1CCCC2CCCCC21)C(=O)O. The summed E-state index contributed by atoms with van der Waals surface area (Å²) >= 11 is 0.